The summed E-state index contributed by atoms with van der Waals surface area (Å²) in [7, 11) is -3.33. The number of rotatable bonds is 7. The van der Waals surface area contributed by atoms with Crippen LogP contribution in [0.2, 0.25) is 0 Å². The van der Waals surface area contributed by atoms with E-state index in [9.17, 15) is 18.0 Å². The summed E-state index contributed by atoms with van der Waals surface area (Å²) >= 11 is 0. The zero-order chi connectivity index (χ0) is 28.3. The molecule has 2 amide bonds. The van der Waals surface area contributed by atoms with Crippen molar-refractivity contribution in [1.82, 2.24) is 20.6 Å². The smallest absolute Gasteiger partial charge is 0.271 e. The van der Waals surface area contributed by atoms with E-state index >= 15 is 0 Å². The van der Waals surface area contributed by atoms with E-state index in [1.807, 2.05) is 0 Å². The second kappa shape index (κ2) is 11.7. The number of hydrogen-bond acceptors (Lipinski definition) is 9. The molecule has 1 atom stereocenters. The third-order valence-corrected chi connectivity index (χ3v) is 9.84. The molecule has 2 aliphatic heterocycles. The molecular formula is C28H39N7O4S. The lowest BCUT2D eigenvalue weighted by atomic mass is 9.65. The highest BCUT2D eigenvalue weighted by Crippen LogP contribution is 2.45. The highest BCUT2D eigenvalue weighted by molar-refractivity contribution is 7.90. The number of carbonyl (C=O) groups excluding carboxylic acids is 2. The van der Waals surface area contributed by atoms with E-state index in [0.29, 0.717) is 23.5 Å². The number of nitrogens with one attached hydrogen (secondary N) is 3. The molecular weight excluding hydrogens is 530 g/mol. The van der Waals surface area contributed by atoms with Crippen molar-refractivity contribution in [2.75, 3.05) is 42.7 Å². The van der Waals surface area contributed by atoms with Gasteiger partial charge < -0.3 is 26.6 Å². The zero-order valence-electron chi connectivity index (χ0n) is 23.0. The standard InChI is InChI=1S/C28H39N7O4S/c1-40(38,39)22-6-4-20(5-7-22)32-26-24(25(29)36)31-17-23(34-26)35-16-2-3-21(18-35)33-27(37)19-8-10-28(11-9-19)12-14-30-15-13-28/h4-7,17,19,21,30H,2-3,8-16,18H2,1H3,(H2,29,36)(H,32,34)(H,33,37). The lowest BCUT2D eigenvalue weighted by Gasteiger charge is -2.43. The first-order chi connectivity index (χ1) is 19.1. The molecule has 0 bridgehead atoms. The van der Waals surface area contributed by atoms with Gasteiger partial charge in [-0.25, -0.2) is 18.4 Å². The Hall–Kier alpha value is -3.25. The second-order valence-corrected chi connectivity index (χ2v) is 13.5. The molecule has 40 heavy (non-hydrogen) atoms. The maximum absolute atomic E-state index is 13.2. The number of nitrogens with two attached hydrogens (primary N) is 1. The predicted octanol–water partition coefficient (Wildman–Crippen LogP) is 2.37. The summed E-state index contributed by atoms with van der Waals surface area (Å²) < 4.78 is 23.6. The maximum atomic E-state index is 13.2. The molecule has 3 fully saturated rings. The van der Waals surface area contributed by atoms with Gasteiger partial charge in [0, 0.05) is 37.0 Å². The number of sulfone groups is 1. The molecule has 1 aromatic carbocycles. The van der Waals surface area contributed by atoms with Gasteiger partial charge in [0.05, 0.1) is 11.1 Å². The van der Waals surface area contributed by atoms with E-state index in [0.717, 1.165) is 64.4 Å². The fourth-order valence-corrected chi connectivity index (χ4v) is 6.92. The summed E-state index contributed by atoms with van der Waals surface area (Å²) in [5.74, 6) is 0.278. The average Bonchev–Trinajstić information content (AvgIpc) is 2.94. The minimum absolute atomic E-state index is 0.00794. The van der Waals surface area contributed by atoms with E-state index in [1.165, 1.54) is 31.2 Å². The normalized spacial score (nSPS) is 21.6. The number of anilines is 3. The molecule has 216 valence electrons. The Kier molecular flexibility index (Phi) is 8.27. The summed E-state index contributed by atoms with van der Waals surface area (Å²) in [5.41, 5.74) is 6.51. The molecule has 1 aliphatic carbocycles. The highest BCUT2D eigenvalue weighted by atomic mass is 32.2. The monoisotopic (exact) mass is 569 g/mol. The van der Waals surface area contributed by atoms with Crippen LogP contribution >= 0.6 is 0 Å². The van der Waals surface area contributed by atoms with Crippen LogP contribution in [0.5, 0.6) is 0 Å². The number of primary amides is 1. The van der Waals surface area contributed by atoms with Crippen molar-refractivity contribution in [3.63, 3.8) is 0 Å². The Morgan fingerprint density at radius 1 is 1.07 bits per heavy atom. The zero-order valence-corrected chi connectivity index (χ0v) is 23.8. The van der Waals surface area contributed by atoms with E-state index in [2.05, 4.69) is 30.8 Å². The summed E-state index contributed by atoms with van der Waals surface area (Å²) in [6, 6.07) is 6.17. The quantitative estimate of drug-likeness (QED) is 0.393. The van der Waals surface area contributed by atoms with Gasteiger partial charge in [0.25, 0.3) is 5.91 Å². The summed E-state index contributed by atoms with van der Waals surface area (Å²) in [4.78, 5) is 36.4. The SMILES string of the molecule is CS(=O)(=O)c1ccc(Nc2nc(N3CCCC(NC(=O)C4CCC5(CCNCC5)CC4)C3)cnc2C(N)=O)cc1. The van der Waals surface area contributed by atoms with Crippen LogP contribution in [0, 0.1) is 11.3 Å². The van der Waals surface area contributed by atoms with Gasteiger partial charge in [-0.15, -0.1) is 0 Å². The van der Waals surface area contributed by atoms with Gasteiger partial charge in [-0.1, -0.05) is 0 Å². The van der Waals surface area contributed by atoms with Crippen molar-refractivity contribution in [3.05, 3.63) is 36.2 Å². The van der Waals surface area contributed by atoms with Crippen molar-refractivity contribution in [2.24, 2.45) is 17.1 Å². The molecule has 3 heterocycles. The van der Waals surface area contributed by atoms with Crippen LogP contribution in [0.4, 0.5) is 17.3 Å². The van der Waals surface area contributed by atoms with Gasteiger partial charge in [0.2, 0.25) is 5.91 Å². The Balaban J connectivity index is 1.23. The number of benzene rings is 1. The highest BCUT2D eigenvalue weighted by Gasteiger charge is 2.38. The Labute approximate surface area is 235 Å². The number of aromatic nitrogens is 2. The summed E-state index contributed by atoms with van der Waals surface area (Å²) in [6.45, 7) is 3.52. The lowest BCUT2D eigenvalue weighted by Crippen LogP contribution is -2.50. The van der Waals surface area contributed by atoms with Crippen LogP contribution in [0.1, 0.15) is 61.9 Å². The van der Waals surface area contributed by atoms with Crippen LogP contribution in [-0.4, -0.2) is 68.7 Å². The number of piperidine rings is 2. The molecule has 11 nitrogen and oxygen atoms in total. The minimum Gasteiger partial charge on any atom is -0.364 e. The van der Waals surface area contributed by atoms with Crippen LogP contribution in [0.3, 0.4) is 0 Å². The van der Waals surface area contributed by atoms with Crippen LogP contribution in [0.25, 0.3) is 0 Å². The number of nitrogens with zero attached hydrogens (tertiary/aromatic N) is 3. The van der Waals surface area contributed by atoms with Gasteiger partial charge in [-0.3, -0.25) is 9.59 Å². The molecule has 1 unspecified atom stereocenters. The van der Waals surface area contributed by atoms with Gasteiger partial charge in [0.1, 0.15) is 5.82 Å². The third kappa shape index (κ3) is 6.55. The van der Waals surface area contributed by atoms with E-state index in [1.54, 1.807) is 12.1 Å². The molecule has 2 aromatic rings. The molecule has 1 saturated carbocycles. The fraction of sp³-hybridized carbons (Fsp3) is 0.571. The minimum atomic E-state index is -3.33. The first kappa shape index (κ1) is 28.3. The second-order valence-electron chi connectivity index (χ2n) is 11.5. The number of hydrogen-bond donors (Lipinski definition) is 4. The molecule has 12 heteroatoms. The largest absolute Gasteiger partial charge is 0.364 e. The third-order valence-electron chi connectivity index (χ3n) is 8.71. The average molecular weight is 570 g/mol. The molecule has 0 radical (unpaired) electrons. The predicted molar refractivity (Wildman–Crippen MR) is 153 cm³/mol. The molecule has 5 rings (SSSR count). The molecule has 3 aliphatic rings. The van der Waals surface area contributed by atoms with Gasteiger partial charge >= 0.3 is 0 Å². The first-order valence-electron chi connectivity index (χ1n) is 14.1. The lowest BCUT2D eigenvalue weighted by molar-refractivity contribution is -0.127. The molecule has 2 saturated heterocycles. The Morgan fingerprint density at radius 2 is 1.77 bits per heavy atom. The van der Waals surface area contributed by atoms with E-state index in [-0.39, 0.29) is 34.3 Å². The molecule has 1 spiro atoms. The van der Waals surface area contributed by atoms with Crippen LogP contribution < -0.4 is 26.6 Å². The van der Waals surface area contributed by atoms with E-state index in [4.69, 9.17) is 5.73 Å². The summed E-state index contributed by atoms with van der Waals surface area (Å²) in [6.07, 6.45) is 11.1. The van der Waals surface area contributed by atoms with Crippen molar-refractivity contribution in [2.45, 2.75) is 62.3 Å². The first-order valence-corrected chi connectivity index (χ1v) is 16.0. The Morgan fingerprint density at radius 3 is 2.42 bits per heavy atom. The topological polar surface area (TPSA) is 159 Å². The van der Waals surface area contributed by atoms with Crippen molar-refractivity contribution in [3.8, 4) is 0 Å². The van der Waals surface area contributed by atoms with Gasteiger partial charge in [-0.2, -0.15) is 0 Å². The van der Waals surface area contributed by atoms with Crippen molar-refractivity contribution in [1.29, 1.82) is 0 Å². The summed E-state index contributed by atoms with van der Waals surface area (Å²) in [5, 5.41) is 9.81. The van der Waals surface area contributed by atoms with Crippen molar-refractivity contribution < 1.29 is 18.0 Å². The van der Waals surface area contributed by atoms with Crippen molar-refractivity contribution >= 4 is 39.0 Å². The fourth-order valence-electron chi connectivity index (χ4n) is 6.29. The van der Waals surface area contributed by atoms with Crippen LogP contribution in [-0.2, 0) is 14.6 Å². The van der Waals surface area contributed by atoms with E-state index < -0.39 is 15.7 Å². The number of carbonyl (C=O) groups is 2. The Bertz CT molecular complexity index is 1330. The van der Waals surface area contributed by atoms with Gasteiger partial charge in [-0.05, 0) is 94.1 Å². The molecule has 5 N–H and O–H groups in total. The van der Waals surface area contributed by atoms with Gasteiger partial charge in [0.15, 0.2) is 21.3 Å². The number of amides is 2. The molecule has 1 aromatic heterocycles. The maximum Gasteiger partial charge on any atom is 0.271 e. The van der Waals surface area contributed by atoms with Crippen LogP contribution in [0.15, 0.2) is 35.4 Å².